The van der Waals surface area contributed by atoms with Crippen LogP contribution in [0.1, 0.15) is 38.5 Å². The molecule has 8 heteroatoms. The van der Waals surface area contributed by atoms with Crippen LogP contribution in [0.2, 0.25) is 0 Å². The van der Waals surface area contributed by atoms with E-state index in [1.165, 1.54) is 12.8 Å². The molecule has 0 aromatic heterocycles. The lowest BCUT2D eigenvalue weighted by Gasteiger charge is -2.15. The summed E-state index contributed by atoms with van der Waals surface area (Å²) < 4.78 is 5.56. The second-order valence-electron chi connectivity index (χ2n) is 5.07. The molecule has 1 saturated carbocycles. The third kappa shape index (κ3) is 7.50. The van der Waals surface area contributed by atoms with Crippen molar-refractivity contribution >= 4 is 17.9 Å². The van der Waals surface area contributed by atoms with Gasteiger partial charge in [-0.3, -0.25) is 4.79 Å². The molecule has 0 unspecified atom stereocenters. The third-order valence-corrected chi connectivity index (χ3v) is 3.33. The van der Waals surface area contributed by atoms with E-state index in [2.05, 4.69) is 10.6 Å². The minimum Gasteiger partial charge on any atom is -0.480 e. The average molecular weight is 301 g/mol. The van der Waals surface area contributed by atoms with Crippen LogP contribution in [0.4, 0.5) is 4.79 Å². The van der Waals surface area contributed by atoms with E-state index in [-0.39, 0.29) is 18.9 Å². The number of hydrogen-bond acceptors (Lipinski definition) is 4. The maximum atomic E-state index is 11.5. The highest BCUT2D eigenvalue weighted by Gasteiger charge is 2.20. The second-order valence-corrected chi connectivity index (χ2v) is 5.07. The van der Waals surface area contributed by atoms with Crippen LogP contribution in [-0.2, 0) is 14.3 Å². The molecule has 1 atom stereocenters. The number of aliphatic carboxylic acids is 1. The van der Waals surface area contributed by atoms with Crippen molar-refractivity contribution in [2.45, 2.75) is 50.7 Å². The molecule has 1 rings (SSSR count). The highest BCUT2D eigenvalue weighted by molar-refractivity contribution is 5.83. The molecule has 8 nitrogen and oxygen atoms in total. The summed E-state index contributed by atoms with van der Waals surface area (Å²) in [6.45, 7) is 0.710. The summed E-state index contributed by atoms with van der Waals surface area (Å²) in [7, 11) is 0. The lowest BCUT2D eigenvalue weighted by Crippen LogP contribution is -2.47. The van der Waals surface area contributed by atoms with Crippen molar-refractivity contribution in [2.24, 2.45) is 5.73 Å². The van der Waals surface area contributed by atoms with Crippen molar-refractivity contribution in [1.29, 1.82) is 0 Å². The molecule has 0 aromatic carbocycles. The summed E-state index contributed by atoms with van der Waals surface area (Å²) >= 11 is 0. The molecule has 5 N–H and O–H groups in total. The molecular weight excluding hydrogens is 278 g/mol. The van der Waals surface area contributed by atoms with Crippen LogP contribution < -0.4 is 16.4 Å². The van der Waals surface area contributed by atoms with Crippen LogP contribution in [0.5, 0.6) is 0 Å². The molecule has 0 aromatic rings. The summed E-state index contributed by atoms with van der Waals surface area (Å²) in [5.74, 6) is -1.80. The summed E-state index contributed by atoms with van der Waals surface area (Å²) in [6.07, 6.45) is 4.62. The molecular formula is C13H23N3O5. The maximum Gasteiger partial charge on any atom is 0.326 e. The largest absolute Gasteiger partial charge is 0.480 e. The number of nitrogens with two attached hydrogens (primary N) is 1. The van der Waals surface area contributed by atoms with Gasteiger partial charge in [0, 0.05) is 13.0 Å². The Kier molecular flexibility index (Phi) is 7.52. The number of nitrogens with one attached hydrogen (secondary N) is 2. The normalized spacial score (nSPS) is 16.4. The Labute approximate surface area is 123 Å². The van der Waals surface area contributed by atoms with Gasteiger partial charge in [0.05, 0.1) is 12.7 Å². The summed E-state index contributed by atoms with van der Waals surface area (Å²) in [4.78, 5) is 33.1. The molecule has 120 valence electrons. The number of urea groups is 1. The van der Waals surface area contributed by atoms with Gasteiger partial charge in [0.2, 0.25) is 5.91 Å². The lowest BCUT2D eigenvalue weighted by atomic mass is 10.1. The topological polar surface area (TPSA) is 131 Å². The van der Waals surface area contributed by atoms with Crippen molar-refractivity contribution in [1.82, 2.24) is 10.6 Å². The molecule has 0 heterocycles. The first-order chi connectivity index (χ1) is 9.99. The number of hydrogen-bond donors (Lipinski definition) is 4. The highest BCUT2D eigenvalue weighted by atomic mass is 16.5. The summed E-state index contributed by atoms with van der Waals surface area (Å²) in [5.41, 5.74) is 4.95. The van der Waals surface area contributed by atoms with Gasteiger partial charge in [-0.05, 0) is 19.3 Å². The van der Waals surface area contributed by atoms with Gasteiger partial charge in [-0.25, -0.2) is 9.59 Å². The van der Waals surface area contributed by atoms with E-state index in [0.29, 0.717) is 13.2 Å². The second kappa shape index (κ2) is 9.17. The quantitative estimate of drug-likeness (QED) is 0.444. The first kappa shape index (κ1) is 17.2. The predicted molar refractivity (Wildman–Crippen MR) is 74.6 cm³/mol. The van der Waals surface area contributed by atoms with Gasteiger partial charge in [-0.2, -0.15) is 0 Å². The van der Waals surface area contributed by atoms with E-state index < -0.39 is 23.9 Å². The number of primary amides is 1. The van der Waals surface area contributed by atoms with Crippen LogP contribution in [0.25, 0.3) is 0 Å². The molecule has 21 heavy (non-hydrogen) atoms. The zero-order chi connectivity index (χ0) is 15.7. The molecule has 1 fully saturated rings. The number of ether oxygens (including phenoxy) is 1. The van der Waals surface area contributed by atoms with Crippen LogP contribution in [-0.4, -0.2) is 48.3 Å². The first-order valence-corrected chi connectivity index (χ1v) is 7.16. The number of carbonyl (C=O) groups excluding carboxylic acids is 2. The van der Waals surface area contributed by atoms with E-state index >= 15 is 0 Å². The number of rotatable bonds is 9. The molecule has 3 amide bonds. The monoisotopic (exact) mass is 301 g/mol. The van der Waals surface area contributed by atoms with E-state index in [0.717, 1.165) is 12.8 Å². The van der Waals surface area contributed by atoms with Crippen LogP contribution in [0.3, 0.4) is 0 Å². The first-order valence-electron chi connectivity index (χ1n) is 7.16. The highest BCUT2D eigenvalue weighted by Crippen LogP contribution is 2.20. The lowest BCUT2D eigenvalue weighted by molar-refractivity contribution is -0.139. The molecule has 1 aliphatic carbocycles. The van der Waals surface area contributed by atoms with Crippen molar-refractivity contribution in [3.05, 3.63) is 0 Å². The minimum atomic E-state index is -1.20. The van der Waals surface area contributed by atoms with E-state index in [4.69, 9.17) is 15.6 Å². The Morgan fingerprint density at radius 2 is 1.95 bits per heavy atom. The predicted octanol–water partition coefficient (Wildman–Crippen LogP) is -0.0365. The van der Waals surface area contributed by atoms with Crippen LogP contribution >= 0.6 is 0 Å². The Balaban J connectivity index is 2.16. The SMILES string of the molecule is NC(=O)CC[C@H](NC(=O)NCCOC1CCCC1)C(=O)O. The summed E-state index contributed by atoms with van der Waals surface area (Å²) in [6, 6.07) is -1.73. The molecule has 0 radical (unpaired) electrons. The Morgan fingerprint density at radius 3 is 2.52 bits per heavy atom. The van der Waals surface area contributed by atoms with E-state index in [1.807, 2.05) is 0 Å². The number of carboxylic acid groups (broad SMARTS) is 1. The van der Waals surface area contributed by atoms with Crippen molar-refractivity contribution in [2.75, 3.05) is 13.2 Å². The smallest absolute Gasteiger partial charge is 0.326 e. The molecule has 1 aliphatic rings. The van der Waals surface area contributed by atoms with Gasteiger partial charge < -0.3 is 26.2 Å². The van der Waals surface area contributed by atoms with Crippen molar-refractivity contribution in [3.8, 4) is 0 Å². The maximum absolute atomic E-state index is 11.5. The fourth-order valence-electron chi connectivity index (χ4n) is 2.20. The van der Waals surface area contributed by atoms with Gasteiger partial charge in [-0.1, -0.05) is 12.8 Å². The fourth-order valence-corrected chi connectivity index (χ4v) is 2.20. The van der Waals surface area contributed by atoms with E-state index in [9.17, 15) is 14.4 Å². The van der Waals surface area contributed by atoms with Gasteiger partial charge in [0.15, 0.2) is 0 Å². The zero-order valence-corrected chi connectivity index (χ0v) is 12.0. The Bertz CT molecular complexity index is 369. The van der Waals surface area contributed by atoms with E-state index in [1.54, 1.807) is 0 Å². The van der Waals surface area contributed by atoms with Gasteiger partial charge in [0.25, 0.3) is 0 Å². The minimum absolute atomic E-state index is 0.0311. The van der Waals surface area contributed by atoms with Gasteiger partial charge in [0.1, 0.15) is 6.04 Å². The van der Waals surface area contributed by atoms with Crippen LogP contribution in [0, 0.1) is 0 Å². The molecule has 0 spiro atoms. The van der Waals surface area contributed by atoms with Crippen LogP contribution in [0.15, 0.2) is 0 Å². The molecule has 0 bridgehead atoms. The molecule has 0 aliphatic heterocycles. The number of carbonyl (C=O) groups is 3. The molecule has 0 saturated heterocycles. The van der Waals surface area contributed by atoms with Crippen molar-refractivity contribution < 1.29 is 24.2 Å². The van der Waals surface area contributed by atoms with Crippen molar-refractivity contribution in [3.63, 3.8) is 0 Å². The number of carboxylic acids is 1. The fraction of sp³-hybridized carbons (Fsp3) is 0.769. The zero-order valence-electron chi connectivity index (χ0n) is 12.0. The third-order valence-electron chi connectivity index (χ3n) is 3.33. The Hall–Kier alpha value is -1.83. The standard InChI is InChI=1S/C13H23N3O5/c14-11(17)6-5-10(12(18)19)16-13(20)15-7-8-21-9-3-1-2-4-9/h9-10H,1-8H2,(H2,14,17)(H,18,19)(H2,15,16,20)/t10-/m0/s1. The van der Waals surface area contributed by atoms with Gasteiger partial charge in [-0.15, -0.1) is 0 Å². The summed E-state index contributed by atoms with van der Waals surface area (Å²) in [5, 5.41) is 13.7. The average Bonchev–Trinajstić information content (AvgIpc) is 2.92. The Morgan fingerprint density at radius 1 is 1.29 bits per heavy atom. The number of amides is 3. The van der Waals surface area contributed by atoms with Gasteiger partial charge >= 0.3 is 12.0 Å².